The van der Waals surface area contributed by atoms with Gasteiger partial charge in [0.05, 0.1) is 10.0 Å². The van der Waals surface area contributed by atoms with Crippen molar-refractivity contribution < 1.29 is 13.6 Å². The normalized spacial score (nSPS) is 10.4. The summed E-state index contributed by atoms with van der Waals surface area (Å²) in [7, 11) is 0. The third-order valence-corrected chi connectivity index (χ3v) is 3.26. The first-order valence-electron chi connectivity index (χ1n) is 5.39. The Bertz CT molecular complexity index is 669. The Labute approximate surface area is 123 Å². The number of nitrogens with two attached hydrogens (primary N) is 1. The van der Waals surface area contributed by atoms with Gasteiger partial charge in [0.2, 0.25) is 0 Å². The molecule has 0 fully saturated rings. The highest BCUT2D eigenvalue weighted by Gasteiger charge is 2.13. The summed E-state index contributed by atoms with van der Waals surface area (Å²) in [5.41, 5.74) is 4.65. The lowest BCUT2D eigenvalue weighted by Crippen LogP contribution is -2.13. The summed E-state index contributed by atoms with van der Waals surface area (Å²) in [6.45, 7) is 0. The number of carbonyl (C=O) groups excluding carboxylic acids is 1. The van der Waals surface area contributed by atoms with Crippen LogP contribution in [0.3, 0.4) is 0 Å². The third kappa shape index (κ3) is 3.00. The van der Waals surface area contributed by atoms with Gasteiger partial charge in [0.1, 0.15) is 17.3 Å². The average Bonchev–Trinajstić information content (AvgIpc) is 2.39. The number of nitrogens with one attached hydrogen (secondary N) is 1. The second-order valence-electron chi connectivity index (χ2n) is 3.94. The molecular formula is C13H8Cl2F2N2O. The van der Waals surface area contributed by atoms with Crippen LogP contribution in [0.5, 0.6) is 0 Å². The van der Waals surface area contributed by atoms with Gasteiger partial charge in [-0.15, -0.1) is 0 Å². The van der Waals surface area contributed by atoms with Crippen LogP contribution in [0, 0.1) is 11.6 Å². The molecule has 104 valence electrons. The molecule has 2 aromatic rings. The maximum Gasteiger partial charge on any atom is 0.255 e. The number of hydrogen-bond acceptors (Lipinski definition) is 2. The van der Waals surface area contributed by atoms with E-state index >= 15 is 0 Å². The zero-order chi connectivity index (χ0) is 14.9. The maximum atomic E-state index is 13.3. The van der Waals surface area contributed by atoms with Gasteiger partial charge in [0.25, 0.3) is 5.91 Å². The van der Waals surface area contributed by atoms with E-state index in [0.29, 0.717) is 10.7 Å². The van der Waals surface area contributed by atoms with E-state index in [4.69, 9.17) is 28.9 Å². The zero-order valence-electron chi connectivity index (χ0n) is 9.88. The highest BCUT2D eigenvalue weighted by Crippen LogP contribution is 2.25. The Balaban J connectivity index is 2.26. The number of hydrogen-bond donors (Lipinski definition) is 2. The SMILES string of the molecule is Nc1c(F)cc(C(=O)Nc2ccc(Cl)c(Cl)c2)cc1F. The summed E-state index contributed by atoms with van der Waals surface area (Å²) in [5, 5.41) is 3.02. The molecular weight excluding hydrogens is 309 g/mol. The van der Waals surface area contributed by atoms with Gasteiger partial charge in [-0.25, -0.2) is 8.78 Å². The van der Waals surface area contributed by atoms with Crippen LogP contribution in [-0.4, -0.2) is 5.91 Å². The predicted octanol–water partition coefficient (Wildman–Crippen LogP) is 4.11. The quantitative estimate of drug-likeness (QED) is 0.819. The van der Waals surface area contributed by atoms with Gasteiger partial charge < -0.3 is 11.1 Å². The molecule has 20 heavy (non-hydrogen) atoms. The second kappa shape index (κ2) is 5.64. The predicted molar refractivity (Wildman–Crippen MR) is 75.2 cm³/mol. The Kier molecular flexibility index (Phi) is 4.11. The molecule has 0 heterocycles. The van der Waals surface area contributed by atoms with Gasteiger partial charge in [-0.3, -0.25) is 4.79 Å². The van der Waals surface area contributed by atoms with Crippen molar-refractivity contribution in [2.24, 2.45) is 0 Å². The number of halogens is 4. The first kappa shape index (κ1) is 14.6. The minimum Gasteiger partial charge on any atom is -0.394 e. The molecule has 1 amide bonds. The van der Waals surface area contributed by atoms with Gasteiger partial charge >= 0.3 is 0 Å². The number of amides is 1. The van der Waals surface area contributed by atoms with E-state index in [9.17, 15) is 13.6 Å². The Hall–Kier alpha value is -1.85. The molecule has 0 saturated carbocycles. The molecule has 0 unspecified atom stereocenters. The van der Waals surface area contributed by atoms with E-state index in [2.05, 4.69) is 5.32 Å². The van der Waals surface area contributed by atoms with Crippen LogP contribution >= 0.6 is 23.2 Å². The van der Waals surface area contributed by atoms with Crippen molar-refractivity contribution in [2.75, 3.05) is 11.1 Å². The van der Waals surface area contributed by atoms with Crippen LogP contribution in [0.1, 0.15) is 10.4 Å². The highest BCUT2D eigenvalue weighted by atomic mass is 35.5. The largest absolute Gasteiger partial charge is 0.394 e. The lowest BCUT2D eigenvalue weighted by atomic mass is 10.1. The molecule has 2 rings (SSSR count). The lowest BCUT2D eigenvalue weighted by Gasteiger charge is -2.07. The number of anilines is 2. The molecule has 0 bridgehead atoms. The van der Waals surface area contributed by atoms with Crippen LogP contribution < -0.4 is 11.1 Å². The molecule has 7 heteroatoms. The van der Waals surface area contributed by atoms with Crippen molar-refractivity contribution in [3.05, 3.63) is 57.6 Å². The van der Waals surface area contributed by atoms with Crippen molar-refractivity contribution in [1.29, 1.82) is 0 Å². The summed E-state index contributed by atoms with van der Waals surface area (Å²) >= 11 is 11.5. The maximum absolute atomic E-state index is 13.3. The molecule has 2 aromatic carbocycles. The molecule has 0 aromatic heterocycles. The minimum absolute atomic E-state index is 0.194. The molecule has 0 aliphatic rings. The standard InChI is InChI=1S/C13H8Cl2F2N2O/c14-8-2-1-7(5-9(8)15)19-13(20)6-3-10(16)12(18)11(17)4-6/h1-5H,18H2,(H,19,20). The third-order valence-electron chi connectivity index (χ3n) is 2.52. The summed E-state index contributed by atoms with van der Waals surface area (Å²) in [6.07, 6.45) is 0. The fraction of sp³-hybridized carbons (Fsp3) is 0. The monoisotopic (exact) mass is 316 g/mol. The average molecular weight is 317 g/mol. The number of benzene rings is 2. The van der Waals surface area contributed by atoms with Crippen LogP contribution in [0.2, 0.25) is 10.0 Å². The summed E-state index contributed by atoms with van der Waals surface area (Å²) < 4.78 is 26.5. The van der Waals surface area contributed by atoms with E-state index in [-0.39, 0.29) is 10.6 Å². The summed E-state index contributed by atoms with van der Waals surface area (Å²) in [4.78, 5) is 11.9. The van der Waals surface area contributed by atoms with Crippen LogP contribution in [0.25, 0.3) is 0 Å². The van der Waals surface area contributed by atoms with Gasteiger partial charge in [-0.2, -0.15) is 0 Å². The van der Waals surface area contributed by atoms with Gasteiger partial charge in [-0.05, 0) is 30.3 Å². The fourth-order valence-corrected chi connectivity index (χ4v) is 1.79. The Morgan fingerprint density at radius 2 is 1.65 bits per heavy atom. The van der Waals surface area contributed by atoms with Gasteiger partial charge in [0.15, 0.2) is 0 Å². The summed E-state index contributed by atoms with van der Waals surface area (Å²) in [6, 6.07) is 6.13. The summed E-state index contributed by atoms with van der Waals surface area (Å²) in [5.74, 6) is -2.69. The molecule has 0 radical (unpaired) electrons. The van der Waals surface area contributed by atoms with Crippen molar-refractivity contribution in [3.8, 4) is 0 Å². The van der Waals surface area contributed by atoms with Gasteiger partial charge in [-0.1, -0.05) is 23.2 Å². The second-order valence-corrected chi connectivity index (χ2v) is 4.75. The smallest absolute Gasteiger partial charge is 0.255 e. The van der Waals surface area contributed by atoms with Crippen LogP contribution in [0.4, 0.5) is 20.2 Å². The zero-order valence-corrected chi connectivity index (χ0v) is 11.4. The molecule has 0 atom stereocenters. The van der Waals surface area contributed by atoms with E-state index < -0.39 is 23.2 Å². The number of nitrogen functional groups attached to an aromatic ring is 1. The lowest BCUT2D eigenvalue weighted by molar-refractivity contribution is 0.102. The first-order chi connectivity index (χ1) is 9.38. The van der Waals surface area contributed by atoms with Crippen molar-refractivity contribution >= 4 is 40.5 Å². The Morgan fingerprint density at radius 3 is 2.20 bits per heavy atom. The molecule has 0 aliphatic heterocycles. The van der Waals surface area contributed by atoms with E-state index in [1.54, 1.807) is 0 Å². The highest BCUT2D eigenvalue weighted by molar-refractivity contribution is 6.42. The minimum atomic E-state index is -0.996. The van der Waals surface area contributed by atoms with Crippen molar-refractivity contribution in [1.82, 2.24) is 0 Å². The van der Waals surface area contributed by atoms with Crippen LogP contribution in [-0.2, 0) is 0 Å². The first-order valence-corrected chi connectivity index (χ1v) is 6.15. The Morgan fingerprint density at radius 1 is 1.05 bits per heavy atom. The number of rotatable bonds is 2. The molecule has 0 aliphatic carbocycles. The molecule has 3 nitrogen and oxygen atoms in total. The molecule has 0 saturated heterocycles. The van der Waals surface area contributed by atoms with Crippen molar-refractivity contribution in [3.63, 3.8) is 0 Å². The molecule has 0 spiro atoms. The topological polar surface area (TPSA) is 55.1 Å². The fourth-order valence-electron chi connectivity index (χ4n) is 1.49. The van der Waals surface area contributed by atoms with Crippen molar-refractivity contribution in [2.45, 2.75) is 0 Å². The van der Waals surface area contributed by atoms with E-state index in [0.717, 1.165) is 12.1 Å². The molecule has 3 N–H and O–H groups in total. The number of carbonyl (C=O) groups is 1. The van der Waals surface area contributed by atoms with E-state index in [1.807, 2.05) is 0 Å². The van der Waals surface area contributed by atoms with Crippen LogP contribution in [0.15, 0.2) is 30.3 Å². The van der Waals surface area contributed by atoms with Gasteiger partial charge in [0, 0.05) is 11.3 Å². The van der Waals surface area contributed by atoms with E-state index in [1.165, 1.54) is 18.2 Å².